The van der Waals surface area contributed by atoms with Crippen molar-refractivity contribution >= 4 is 27.7 Å². The Kier molecular flexibility index (Phi) is 4.62. The van der Waals surface area contributed by atoms with Gasteiger partial charge < -0.3 is 15.0 Å². The van der Waals surface area contributed by atoms with E-state index in [1.807, 2.05) is 13.8 Å². The molecule has 1 aromatic rings. The molecule has 0 atom stereocenters. The van der Waals surface area contributed by atoms with Crippen molar-refractivity contribution in [1.82, 2.24) is 14.7 Å². The third kappa shape index (κ3) is 3.26. The van der Waals surface area contributed by atoms with E-state index in [2.05, 4.69) is 21.0 Å². The standard InChI is InChI=1S/C9H13BrN4O3/c1-3-12(4-2)8(15)6-13-5-7(10)9(11-13)14(16)17/h5H,3-4,6H2,1-2H3. The number of amides is 1. The second-order valence-electron chi connectivity index (χ2n) is 3.32. The van der Waals surface area contributed by atoms with E-state index in [1.54, 1.807) is 4.90 Å². The van der Waals surface area contributed by atoms with Gasteiger partial charge in [0.1, 0.15) is 11.0 Å². The first-order valence-corrected chi connectivity index (χ1v) is 5.94. The average molecular weight is 305 g/mol. The second-order valence-corrected chi connectivity index (χ2v) is 4.18. The Labute approximate surface area is 107 Å². The molecule has 7 nitrogen and oxygen atoms in total. The minimum absolute atomic E-state index is 0.00806. The van der Waals surface area contributed by atoms with Gasteiger partial charge in [0.15, 0.2) is 0 Å². The summed E-state index contributed by atoms with van der Waals surface area (Å²) in [5, 5.41) is 14.3. The fraction of sp³-hybridized carbons (Fsp3) is 0.556. The van der Waals surface area contributed by atoms with Crippen LogP contribution in [-0.4, -0.2) is 38.6 Å². The van der Waals surface area contributed by atoms with Crippen LogP contribution in [0.1, 0.15) is 13.8 Å². The van der Waals surface area contributed by atoms with Gasteiger partial charge in [-0.25, -0.2) is 0 Å². The molecule has 1 aromatic heterocycles. The van der Waals surface area contributed by atoms with Crippen LogP contribution in [0.25, 0.3) is 0 Å². The minimum Gasteiger partial charge on any atom is -0.358 e. The average Bonchev–Trinajstić information content (AvgIpc) is 2.61. The molecule has 1 amide bonds. The Morgan fingerprint density at radius 1 is 1.59 bits per heavy atom. The maximum absolute atomic E-state index is 11.7. The van der Waals surface area contributed by atoms with E-state index in [-0.39, 0.29) is 22.7 Å². The number of nitrogens with zero attached hydrogens (tertiary/aromatic N) is 4. The highest BCUT2D eigenvalue weighted by molar-refractivity contribution is 9.10. The van der Waals surface area contributed by atoms with Crippen LogP contribution >= 0.6 is 15.9 Å². The van der Waals surface area contributed by atoms with Crippen molar-refractivity contribution in [1.29, 1.82) is 0 Å². The summed E-state index contributed by atoms with van der Waals surface area (Å²) in [6.45, 7) is 4.99. The van der Waals surface area contributed by atoms with Crippen molar-refractivity contribution < 1.29 is 9.72 Å². The number of carbonyl (C=O) groups excluding carboxylic acids is 1. The maximum atomic E-state index is 11.7. The predicted octanol–water partition coefficient (Wildman–Crippen LogP) is 1.42. The number of halogens is 1. The van der Waals surface area contributed by atoms with Gasteiger partial charge in [-0.2, -0.15) is 4.68 Å². The lowest BCUT2D eigenvalue weighted by Crippen LogP contribution is -2.33. The Morgan fingerprint density at radius 3 is 2.59 bits per heavy atom. The summed E-state index contributed by atoms with van der Waals surface area (Å²) in [4.78, 5) is 23.4. The van der Waals surface area contributed by atoms with Crippen LogP contribution in [-0.2, 0) is 11.3 Å². The van der Waals surface area contributed by atoms with Crippen LogP contribution in [0.3, 0.4) is 0 Å². The van der Waals surface area contributed by atoms with Crippen molar-refractivity contribution in [3.05, 3.63) is 20.8 Å². The number of rotatable bonds is 5. The third-order valence-corrected chi connectivity index (χ3v) is 2.84. The molecule has 1 rings (SSSR count). The van der Waals surface area contributed by atoms with Crippen LogP contribution in [0.15, 0.2) is 10.7 Å². The van der Waals surface area contributed by atoms with E-state index in [9.17, 15) is 14.9 Å². The zero-order valence-corrected chi connectivity index (χ0v) is 11.2. The van der Waals surface area contributed by atoms with Gasteiger partial charge in [-0.3, -0.25) is 4.79 Å². The molecule has 0 bridgehead atoms. The Balaban J connectivity index is 2.79. The first-order valence-electron chi connectivity index (χ1n) is 5.14. The molecule has 17 heavy (non-hydrogen) atoms. The SMILES string of the molecule is CCN(CC)C(=O)Cn1cc(Br)c([N+](=O)[O-])n1. The number of carbonyl (C=O) groups is 1. The van der Waals surface area contributed by atoms with E-state index in [1.165, 1.54) is 10.9 Å². The molecule has 94 valence electrons. The number of likely N-dealkylation sites (N-methyl/N-ethyl adjacent to an activating group) is 1. The molecule has 0 spiro atoms. The normalized spacial score (nSPS) is 10.3. The molecular weight excluding hydrogens is 292 g/mol. The van der Waals surface area contributed by atoms with E-state index in [0.717, 1.165) is 0 Å². The number of aromatic nitrogens is 2. The summed E-state index contributed by atoms with van der Waals surface area (Å²) in [5.74, 6) is -0.391. The van der Waals surface area contributed by atoms with Crippen molar-refractivity contribution in [3.63, 3.8) is 0 Å². The minimum atomic E-state index is -0.595. The van der Waals surface area contributed by atoms with Crippen LogP contribution in [0, 0.1) is 10.1 Å². The zero-order valence-electron chi connectivity index (χ0n) is 9.59. The first-order chi connectivity index (χ1) is 7.99. The largest absolute Gasteiger partial charge is 0.404 e. The maximum Gasteiger partial charge on any atom is 0.404 e. The van der Waals surface area contributed by atoms with Crippen molar-refractivity contribution in [3.8, 4) is 0 Å². The smallest absolute Gasteiger partial charge is 0.358 e. The molecule has 0 saturated carbocycles. The number of hydrogen-bond donors (Lipinski definition) is 0. The highest BCUT2D eigenvalue weighted by Gasteiger charge is 2.21. The molecule has 0 aromatic carbocycles. The lowest BCUT2D eigenvalue weighted by Gasteiger charge is -2.17. The fourth-order valence-corrected chi connectivity index (χ4v) is 1.87. The molecule has 0 fully saturated rings. The fourth-order valence-electron chi connectivity index (χ4n) is 1.41. The summed E-state index contributed by atoms with van der Waals surface area (Å²) in [7, 11) is 0. The molecule has 0 aliphatic carbocycles. The van der Waals surface area contributed by atoms with Crippen molar-refractivity contribution in [2.75, 3.05) is 13.1 Å². The lowest BCUT2D eigenvalue weighted by molar-refractivity contribution is -0.390. The van der Waals surface area contributed by atoms with Crippen LogP contribution in [0.4, 0.5) is 5.82 Å². The summed E-state index contributed by atoms with van der Waals surface area (Å²) < 4.78 is 1.54. The molecule has 0 radical (unpaired) electrons. The molecular formula is C9H13BrN4O3. The molecule has 0 saturated heterocycles. The van der Waals surface area contributed by atoms with Gasteiger partial charge in [-0.1, -0.05) is 0 Å². The van der Waals surface area contributed by atoms with Gasteiger partial charge in [-0.15, -0.1) is 0 Å². The highest BCUT2D eigenvalue weighted by atomic mass is 79.9. The quantitative estimate of drug-likeness (QED) is 0.608. The Hall–Kier alpha value is -1.44. The zero-order chi connectivity index (χ0) is 13.0. The molecule has 0 unspecified atom stereocenters. The van der Waals surface area contributed by atoms with Crippen LogP contribution < -0.4 is 0 Å². The van der Waals surface area contributed by atoms with Gasteiger partial charge in [0.2, 0.25) is 5.91 Å². The predicted molar refractivity (Wildman–Crippen MR) is 64.5 cm³/mol. The van der Waals surface area contributed by atoms with Crippen molar-refractivity contribution in [2.45, 2.75) is 20.4 Å². The lowest BCUT2D eigenvalue weighted by atomic mass is 10.4. The molecule has 0 aliphatic heterocycles. The highest BCUT2D eigenvalue weighted by Crippen LogP contribution is 2.21. The van der Waals surface area contributed by atoms with Crippen LogP contribution in [0.5, 0.6) is 0 Å². The van der Waals surface area contributed by atoms with E-state index >= 15 is 0 Å². The van der Waals surface area contributed by atoms with Gasteiger partial charge >= 0.3 is 5.82 Å². The topological polar surface area (TPSA) is 81.3 Å². The number of hydrogen-bond acceptors (Lipinski definition) is 4. The van der Waals surface area contributed by atoms with Gasteiger partial charge in [-0.05, 0) is 34.7 Å². The summed E-state index contributed by atoms with van der Waals surface area (Å²) in [6, 6.07) is 0. The Morgan fingerprint density at radius 2 is 2.18 bits per heavy atom. The molecule has 1 heterocycles. The van der Waals surface area contributed by atoms with E-state index in [4.69, 9.17) is 0 Å². The number of nitro groups is 1. The Bertz CT molecular complexity index is 428. The first kappa shape index (κ1) is 13.6. The monoisotopic (exact) mass is 304 g/mol. The van der Waals surface area contributed by atoms with E-state index < -0.39 is 4.92 Å². The third-order valence-electron chi connectivity index (χ3n) is 2.29. The van der Waals surface area contributed by atoms with Crippen molar-refractivity contribution in [2.24, 2.45) is 0 Å². The van der Waals surface area contributed by atoms with Crippen LogP contribution in [0.2, 0.25) is 0 Å². The van der Waals surface area contributed by atoms with Gasteiger partial charge in [0.25, 0.3) is 0 Å². The molecule has 8 heteroatoms. The summed E-state index contributed by atoms with van der Waals surface area (Å²) >= 11 is 3.03. The molecule has 0 N–H and O–H groups in total. The summed E-state index contributed by atoms with van der Waals surface area (Å²) in [5.41, 5.74) is 0. The summed E-state index contributed by atoms with van der Waals surface area (Å²) in [6.07, 6.45) is 1.43. The van der Waals surface area contributed by atoms with E-state index in [0.29, 0.717) is 13.1 Å². The van der Waals surface area contributed by atoms with Gasteiger partial charge in [0, 0.05) is 13.1 Å². The van der Waals surface area contributed by atoms with Gasteiger partial charge in [0.05, 0.1) is 11.3 Å². The molecule has 0 aliphatic rings. The second kappa shape index (κ2) is 5.76.